The van der Waals surface area contributed by atoms with Crippen molar-refractivity contribution in [2.45, 2.75) is 6.92 Å². The molecule has 0 aliphatic heterocycles. The third-order valence-corrected chi connectivity index (χ3v) is 2.40. The number of benzene rings is 1. The first kappa shape index (κ1) is 12.3. The average molecular weight is 244 g/mol. The second-order valence-corrected chi connectivity index (χ2v) is 4.46. The van der Waals surface area contributed by atoms with Crippen molar-refractivity contribution in [1.29, 1.82) is 0 Å². The Bertz CT molecular complexity index is 524. The third-order valence-electron chi connectivity index (χ3n) is 1.89. The summed E-state index contributed by atoms with van der Waals surface area (Å²) in [6, 6.07) is 4.65. The van der Waals surface area contributed by atoms with Gasteiger partial charge in [-0.15, -0.1) is 0 Å². The van der Waals surface area contributed by atoms with Gasteiger partial charge in [-0.2, -0.15) is 8.42 Å². The molecule has 0 aliphatic carbocycles. The largest absolute Gasteiger partial charge is 0.409 e. The zero-order valence-electron chi connectivity index (χ0n) is 8.51. The minimum absolute atomic E-state index is 0.113. The maximum absolute atomic E-state index is 10.9. The lowest BCUT2D eigenvalue weighted by Gasteiger charge is -2.08. The van der Waals surface area contributed by atoms with Gasteiger partial charge in [0.05, 0.1) is 5.69 Å². The standard InChI is InChI=1S/C8H12N4O3S/c1-5-2-3-6(8(9)11-13)4-7(5)12-16(10,14)15/h2-4,12-13H,1H3,(H2,9,11)(H2,10,14,15). The Kier molecular flexibility index (Phi) is 3.35. The lowest BCUT2D eigenvalue weighted by atomic mass is 10.1. The Labute approximate surface area is 92.9 Å². The van der Waals surface area contributed by atoms with Gasteiger partial charge in [-0.05, 0) is 18.6 Å². The highest BCUT2D eigenvalue weighted by Gasteiger charge is 2.08. The monoisotopic (exact) mass is 244 g/mol. The van der Waals surface area contributed by atoms with Crippen LogP contribution < -0.4 is 15.6 Å². The second kappa shape index (κ2) is 4.37. The molecule has 0 bridgehead atoms. The highest BCUT2D eigenvalue weighted by molar-refractivity contribution is 7.90. The lowest BCUT2D eigenvalue weighted by Crippen LogP contribution is -2.22. The smallest absolute Gasteiger partial charge is 0.296 e. The predicted octanol–water partition coefficient (Wildman–Crippen LogP) is -0.295. The summed E-state index contributed by atoms with van der Waals surface area (Å²) >= 11 is 0. The van der Waals surface area contributed by atoms with Gasteiger partial charge in [-0.3, -0.25) is 4.72 Å². The molecule has 0 saturated carbocycles. The van der Waals surface area contributed by atoms with Gasteiger partial charge in [0, 0.05) is 5.56 Å². The minimum Gasteiger partial charge on any atom is -0.409 e. The molecule has 16 heavy (non-hydrogen) atoms. The molecule has 0 fully saturated rings. The molecule has 0 atom stereocenters. The van der Waals surface area contributed by atoms with Gasteiger partial charge < -0.3 is 10.9 Å². The van der Waals surface area contributed by atoms with E-state index in [1.165, 1.54) is 6.07 Å². The normalized spacial score (nSPS) is 12.5. The lowest BCUT2D eigenvalue weighted by molar-refractivity contribution is 0.318. The fourth-order valence-electron chi connectivity index (χ4n) is 1.10. The van der Waals surface area contributed by atoms with Crippen LogP contribution in [0.15, 0.2) is 23.4 Å². The van der Waals surface area contributed by atoms with Crippen molar-refractivity contribution in [2.75, 3.05) is 4.72 Å². The summed E-state index contributed by atoms with van der Waals surface area (Å²) in [5, 5.41) is 16.1. The summed E-state index contributed by atoms with van der Waals surface area (Å²) in [7, 11) is -3.84. The van der Waals surface area contributed by atoms with Crippen molar-refractivity contribution >= 4 is 21.7 Å². The van der Waals surface area contributed by atoms with E-state index in [0.717, 1.165) is 0 Å². The molecule has 8 heteroatoms. The number of nitrogens with two attached hydrogens (primary N) is 2. The molecule has 1 rings (SSSR count). The van der Waals surface area contributed by atoms with Gasteiger partial charge in [-0.25, -0.2) is 5.14 Å². The summed E-state index contributed by atoms with van der Waals surface area (Å²) in [6.07, 6.45) is 0. The summed E-state index contributed by atoms with van der Waals surface area (Å²) in [5.41, 5.74) is 6.71. The zero-order chi connectivity index (χ0) is 12.3. The summed E-state index contributed by atoms with van der Waals surface area (Å²) in [4.78, 5) is 0. The number of anilines is 1. The van der Waals surface area contributed by atoms with Crippen molar-refractivity contribution in [1.82, 2.24) is 0 Å². The van der Waals surface area contributed by atoms with Gasteiger partial charge in [-0.1, -0.05) is 17.3 Å². The zero-order valence-corrected chi connectivity index (χ0v) is 9.32. The molecular formula is C8H12N4O3S. The van der Waals surface area contributed by atoms with Crippen molar-refractivity contribution in [3.05, 3.63) is 29.3 Å². The predicted molar refractivity (Wildman–Crippen MR) is 60.4 cm³/mol. The van der Waals surface area contributed by atoms with Gasteiger partial charge >= 0.3 is 0 Å². The second-order valence-electron chi connectivity index (χ2n) is 3.16. The molecule has 0 radical (unpaired) electrons. The topological polar surface area (TPSA) is 131 Å². The Balaban J connectivity index is 3.19. The molecule has 0 aliphatic rings. The molecule has 88 valence electrons. The van der Waals surface area contributed by atoms with Crippen molar-refractivity contribution < 1.29 is 13.6 Å². The van der Waals surface area contributed by atoms with E-state index in [4.69, 9.17) is 16.1 Å². The van der Waals surface area contributed by atoms with E-state index in [1.807, 2.05) is 0 Å². The van der Waals surface area contributed by atoms with Crippen molar-refractivity contribution in [2.24, 2.45) is 16.0 Å². The summed E-state index contributed by atoms with van der Waals surface area (Å²) < 4.78 is 23.8. The number of hydrogen-bond donors (Lipinski definition) is 4. The van der Waals surface area contributed by atoms with Crippen LogP contribution in [-0.2, 0) is 10.2 Å². The summed E-state index contributed by atoms with van der Waals surface area (Å²) in [6.45, 7) is 1.70. The van der Waals surface area contributed by atoms with Crippen molar-refractivity contribution in [3.8, 4) is 0 Å². The molecule has 1 aromatic carbocycles. The molecule has 0 aromatic heterocycles. The van der Waals surface area contributed by atoms with Crippen LogP contribution in [0.3, 0.4) is 0 Å². The van der Waals surface area contributed by atoms with Crippen LogP contribution >= 0.6 is 0 Å². The molecule has 0 saturated heterocycles. The Hall–Kier alpha value is -1.80. The summed E-state index contributed by atoms with van der Waals surface area (Å²) in [5.74, 6) is -0.113. The Morgan fingerprint density at radius 3 is 2.62 bits per heavy atom. The fraction of sp³-hybridized carbons (Fsp3) is 0.125. The van der Waals surface area contributed by atoms with E-state index in [-0.39, 0.29) is 11.5 Å². The van der Waals surface area contributed by atoms with Crippen molar-refractivity contribution in [3.63, 3.8) is 0 Å². The SMILES string of the molecule is Cc1ccc(/C(N)=N/O)cc1NS(N)(=O)=O. The molecule has 6 N–H and O–H groups in total. The van der Waals surface area contributed by atoms with Gasteiger partial charge in [0.1, 0.15) is 0 Å². The number of oxime groups is 1. The number of rotatable bonds is 3. The van der Waals surface area contributed by atoms with Gasteiger partial charge in [0.15, 0.2) is 5.84 Å². The molecule has 0 unspecified atom stereocenters. The first-order chi connectivity index (χ1) is 7.33. The van der Waals surface area contributed by atoms with E-state index in [1.54, 1.807) is 19.1 Å². The highest BCUT2D eigenvalue weighted by Crippen LogP contribution is 2.17. The van der Waals surface area contributed by atoms with Crippen LogP contribution in [0.5, 0.6) is 0 Å². The molecule has 7 nitrogen and oxygen atoms in total. The van der Waals surface area contributed by atoms with E-state index >= 15 is 0 Å². The Morgan fingerprint density at radius 2 is 2.12 bits per heavy atom. The molecule has 0 spiro atoms. The number of hydrogen-bond acceptors (Lipinski definition) is 4. The van der Waals surface area contributed by atoms with Crippen LogP contribution in [0.25, 0.3) is 0 Å². The van der Waals surface area contributed by atoms with Crippen LogP contribution in [0.1, 0.15) is 11.1 Å². The maximum atomic E-state index is 10.9. The number of amidine groups is 1. The first-order valence-corrected chi connectivity index (χ1v) is 5.77. The average Bonchev–Trinajstić information content (AvgIpc) is 2.18. The Morgan fingerprint density at radius 1 is 1.50 bits per heavy atom. The number of nitrogens with zero attached hydrogens (tertiary/aromatic N) is 1. The minimum atomic E-state index is -3.84. The van der Waals surface area contributed by atoms with Crippen LogP contribution in [0.2, 0.25) is 0 Å². The van der Waals surface area contributed by atoms with E-state index in [9.17, 15) is 8.42 Å². The van der Waals surface area contributed by atoms with Crippen LogP contribution in [0, 0.1) is 6.92 Å². The van der Waals surface area contributed by atoms with Crippen LogP contribution in [0.4, 0.5) is 5.69 Å². The maximum Gasteiger partial charge on any atom is 0.296 e. The molecule has 0 heterocycles. The van der Waals surface area contributed by atoms with Gasteiger partial charge in [0.25, 0.3) is 10.2 Å². The highest BCUT2D eigenvalue weighted by atomic mass is 32.2. The van der Waals surface area contributed by atoms with E-state index in [2.05, 4.69) is 9.88 Å². The fourth-order valence-corrected chi connectivity index (χ4v) is 1.63. The molecule has 0 amide bonds. The molecule has 1 aromatic rings. The number of nitrogens with one attached hydrogen (secondary N) is 1. The van der Waals surface area contributed by atoms with E-state index < -0.39 is 10.2 Å². The van der Waals surface area contributed by atoms with Crippen LogP contribution in [-0.4, -0.2) is 19.5 Å². The quantitative estimate of drug-likeness (QED) is 0.252. The third kappa shape index (κ3) is 3.11. The van der Waals surface area contributed by atoms with E-state index in [0.29, 0.717) is 11.1 Å². The first-order valence-electron chi connectivity index (χ1n) is 4.22. The van der Waals surface area contributed by atoms with Gasteiger partial charge in [0.2, 0.25) is 0 Å². The molecular weight excluding hydrogens is 232 g/mol. The number of aryl methyl sites for hydroxylation is 1.